The molecule has 0 N–H and O–H groups in total. The molecule has 0 heterocycles. The molecule has 2 aromatic carbocycles. The van der Waals surface area contributed by atoms with Gasteiger partial charge in [-0.25, -0.2) is 0 Å². The third kappa shape index (κ3) is 4.31. The van der Waals surface area contributed by atoms with Crippen LogP contribution in [-0.4, -0.2) is 35.8 Å². The second kappa shape index (κ2) is 7.39. The van der Waals surface area contributed by atoms with Crippen LogP contribution in [0.1, 0.15) is 11.1 Å². The van der Waals surface area contributed by atoms with Gasteiger partial charge < -0.3 is 0 Å². The zero-order valence-electron chi connectivity index (χ0n) is 8.51. The standard InChI is InChI=1S/C14H13N.Na.H/c1-3-7-13(8-4-1)11-15-12-14-9-5-2-6-10-14;;/h1-11H,12H2;;/b15-11+;;. The van der Waals surface area contributed by atoms with E-state index in [0.717, 1.165) is 12.1 Å². The van der Waals surface area contributed by atoms with E-state index in [0.29, 0.717) is 0 Å². The first-order valence-corrected chi connectivity index (χ1v) is 5.04. The first-order valence-electron chi connectivity index (χ1n) is 5.04. The zero-order chi connectivity index (χ0) is 10.3. The molecular weight excluding hydrogens is 205 g/mol. The fraction of sp³-hybridized carbons (Fsp3) is 0.0714. The van der Waals surface area contributed by atoms with Crippen LogP contribution in [0.15, 0.2) is 65.7 Å². The van der Waals surface area contributed by atoms with Crippen LogP contribution in [-0.2, 0) is 6.54 Å². The van der Waals surface area contributed by atoms with Gasteiger partial charge in [0.2, 0.25) is 0 Å². The van der Waals surface area contributed by atoms with Crippen LogP contribution in [0.4, 0.5) is 0 Å². The van der Waals surface area contributed by atoms with Crippen molar-refractivity contribution >= 4 is 35.8 Å². The average molecular weight is 219 g/mol. The molecule has 0 unspecified atom stereocenters. The number of rotatable bonds is 3. The van der Waals surface area contributed by atoms with Crippen molar-refractivity contribution in [3.8, 4) is 0 Å². The Hall–Kier alpha value is -0.890. The Bertz CT molecular complexity index is 423. The van der Waals surface area contributed by atoms with Crippen LogP contribution >= 0.6 is 0 Å². The maximum atomic E-state index is 4.39. The topological polar surface area (TPSA) is 12.4 Å². The van der Waals surface area contributed by atoms with Crippen molar-refractivity contribution < 1.29 is 0 Å². The molecule has 1 nitrogen and oxygen atoms in total. The second-order valence-corrected chi connectivity index (χ2v) is 3.37. The summed E-state index contributed by atoms with van der Waals surface area (Å²) in [5, 5.41) is 0. The summed E-state index contributed by atoms with van der Waals surface area (Å²) in [6.07, 6.45) is 1.91. The molecule has 0 spiro atoms. The molecule has 2 heteroatoms. The first-order chi connectivity index (χ1) is 7.45. The van der Waals surface area contributed by atoms with Crippen molar-refractivity contribution in [2.24, 2.45) is 4.99 Å². The van der Waals surface area contributed by atoms with Gasteiger partial charge in [0.15, 0.2) is 0 Å². The van der Waals surface area contributed by atoms with E-state index < -0.39 is 0 Å². The predicted molar refractivity (Wildman–Crippen MR) is 71.3 cm³/mol. The van der Waals surface area contributed by atoms with Crippen molar-refractivity contribution in [3.63, 3.8) is 0 Å². The van der Waals surface area contributed by atoms with Crippen molar-refractivity contribution in [2.75, 3.05) is 0 Å². The number of nitrogens with zero attached hydrogens (tertiary/aromatic N) is 1. The fourth-order valence-corrected chi connectivity index (χ4v) is 1.38. The SMILES string of the molecule is C(=N\Cc1ccccc1)/c1ccccc1.[NaH]. The van der Waals surface area contributed by atoms with Crippen molar-refractivity contribution in [1.29, 1.82) is 0 Å². The number of hydrogen-bond acceptors (Lipinski definition) is 1. The molecule has 76 valence electrons. The summed E-state index contributed by atoms with van der Waals surface area (Å²) in [6, 6.07) is 20.4. The molecule has 0 bridgehead atoms. The summed E-state index contributed by atoms with van der Waals surface area (Å²) in [4.78, 5) is 4.39. The van der Waals surface area contributed by atoms with Crippen LogP contribution in [0.25, 0.3) is 0 Å². The first kappa shape index (κ1) is 13.2. The Morgan fingerprint density at radius 1 is 0.812 bits per heavy atom. The number of aliphatic imine (C=N–C) groups is 1. The van der Waals surface area contributed by atoms with Gasteiger partial charge in [-0.05, 0) is 11.1 Å². The molecule has 16 heavy (non-hydrogen) atoms. The minimum absolute atomic E-state index is 0. The number of hydrogen-bond donors (Lipinski definition) is 0. The monoisotopic (exact) mass is 219 g/mol. The van der Waals surface area contributed by atoms with E-state index in [4.69, 9.17) is 0 Å². The van der Waals surface area contributed by atoms with Gasteiger partial charge in [0.1, 0.15) is 0 Å². The van der Waals surface area contributed by atoms with Crippen LogP contribution in [0, 0.1) is 0 Å². The normalized spacial score (nSPS) is 10.0. The van der Waals surface area contributed by atoms with E-state index in [1.165, 1.54) is 5.56 Å². The summed E-state index contributed by atoms with van der Waals surface area (Å²) >= 11 is 0. The molecule has 0 atom stereocenters. The van der Waals surface area contributed by atoms with E-state index in [-0.39, 0.29) is 29.6 Å². The molecule has 0 saturated carbocycles. The molecule has 2 rings (SSSR count). The molecule has 0 aliphatic rings. The molecule has 0 amide bonds. The minimum atomic E-state index is 0. The quantitative estimate of drug-likeness (QED) is 0.556. The van der Waals surface area contributed by atoms with E-state index in [2.05, 4.69) is 29.3 Å². The van der Waals surface area contributed by atoms with Gasteiger partial charge in [-0.3, -0.25) is 4.99 Å². The fourth-order valence-electron chi connectivity index (χ4n) is 1.38. The van der Waals surface area contributed by atoms with Crippen molar-refractivity contribution in [2.45, 2.75) is 6.54 Å². The molecule has 0 saturated heterocycles. The van der Waals surface area contributed by atoms with Gasteiger partial charge >= 0.3 is 29.6 Å². The van der Waals surface area contributed by atoms with Gasteiger partial charge in [0.05, 0.1) is 6.54 Å². The predicted octanol–water partition coefficient (Wildman–Crippen LogP) is 2.66. The van der Waals surface area contributed by atoms with Crippen LogP contribution in [0.5, 0.6) is 0 Å². The van der Waals surface area contributed by atoms with Crippen LogP contribution in [0.2, 0.25) is 0 Å². The Morgan fingerprint density at radius 3 is 2.00 bits per heavy atom. The van der Waals surface area contributed by atoms with Gasteiger partial charge in [-0.1, -0.05) is 60.7 Å². The summed E-state index contributed by atoms with van der Waals surface area (Å²) in [5.74, 6) is 0. The van der Waals surface area contributed by atoms with Crippen LogP contribution < -0.4 is 0 Å². The van der Waals surface area contributed by atoms with Crippen LogP contribution in [0.3, 0.4) is 0 Å². The zero-order valence-corrected chi connectivity index (χ0v) is 8.51. The van der Waals surface area contributed by atoms with Gasteiger partial charge in [0.25, 0.3) is 0 Å². The molecule has 0 aromatic heterocycles. The molecule has 0 radical (unpaired) electrons. The van der Waals surface area contributed by atoms with Crippen molar-refractivity contribution in [3.05, 3.63) is 71.8 Å². The third-order valence-corrected chi connectivity index (χ3v) is 2.16. The molecule has 0 aliphatic heterocycles. The second-order valence-electron chi connectivity index (χ2n) is 3.37. The van der Waals surface area contributed by atoms with Crippen molar-refractivity contribution in [1.82, 2.24) is 0 Å². The third-order valence-electron chi connectivity index (χ3n) is 2.16. The Labute approximate surface area is 119 Å². The van der Waals surface area contributed by atoms with E-state index in [9.17, 15) is 0 Å². The van der Waals surface area contributed by atoms with Gasteiger partial charge in [-0.15, -0.1) is 0 Å². The Kier molecular flexibility index (Phi) is 6.09. The average Bonchev–Trinajstić information content (AvgIpc) is 2.32. The summed E-state index contributed by atoms with van der Waals surface area (Å²) in [7, 11) is 0. The molecular formula is C14H14NNa. The summed E-state index contributed by atoms with van der Waals surface area (Å²) < 4.78 is 0. The summed E-state index contributed by atoms with van der Waals surface area (Å²) in [6.45, 7) is 0.746. The van der Waals surface area contributed by atoms with Gasteiger partial charge in [0, 0.05) is 6.21 Å². The Morgan fingerprint density at radius 2 is 1.38 bits per heavy atom. The molecule has 2 aromatic rings. The number of benzene rings is 2. The summed E-state index contributed by atoms with van der Waals surface area (Å²) in [5.41, 5.74) is 2.39. The Balaban J connectivity index is 0.00000128. The molecule has 0 fully saturated rings. The van der Waals surface area contributed by atoms with E-state index in [1.807, 2.05) is 42.6 Å². The molecule has 0 aliphatic carbocycles. The van der Waals surface area contributed by atoms with Gasteiger partial charge in [-0.2, -0.15) is 0 Å². The van der Waals surface area contributed by atoms with E-state index >= 15 is 0 Å². The maximum absolute atomic E-state index is 4.39. The van der Waals surface area contributed by atoms with E-state index in [1.54, 1.807) is 0 Å².